The van der Waals surface area contributed by atoms with Crippen molar-refractivity contribution in [2.75, 3.05) is 18.0 Å². The molecule has 0 aromatic heterocycles. The van der Waals surface area contributed by atoms with Crippen LogP contribution in [0.2, 0.25) is 5.02 Å². The highest BCUT2D eigenvalue weighted by Gasteiger charge is 2.33. The van der Waals surface area contributed by atoms with Crippen LogP contribution in [-0.4, -0.2) is 50.9 Å². The van der Waals surface area contributed by atoms with E-state index in [1.54, 1.807) is 31.2 Å². The third-order valence-electron chi connectivity index (χ3n) is 7.39. The zero-order chi connectivity index (χ0) is 30.3. The Balaban J connectivity index is 1.69. The Morgan fingerprint density at radius 2 is 1.74 bits per heavy atom. The zero-order valence-corrected chi connectivity index (χ0v) is 26.8. The Hall–Kier alpha value is -3.08. The third-order valence-corrected chi connectivity index (χ3v) is 9.97. The highest BCUT2D eigenvalue weighted by Crippen LogP contribution is 2.32. The number of amides is 2. The number of rotatable bonds is 11. The molecule has 0 unspecified atom stereocenters. The van der Waals surface area contributed by atoms with E-state index in [0.717, 1.165) is 46.4 Å². The molecule has 3 aromatic rings. The van der Waals surface area contributed by atoms with Gasteiger partial charge in [0, 0.05) is 17.1 Å². The number of hydrogen-bond acceptors (Lipinski definition) is 5. The maximum absolute atomic E-state index is 14.1. The maximum Gasteiger partial charge on any atom is 0.264 e. The number of halogens is 2. The van der Waals surface area contributed by atoms with Gasteiger partial charge in [0.05, 0.1) is 22.7 Å². The van der Waals surface area contributed by atoms with E-state index in [0.29, 0.717) is 5.75 Å². The summed E-state index contributed by atoms with van der Waals surface area (Å²) in [6.45, 7) is 1.24. The number of hydrogen-bond donors (Lipinski definition) is 1. The highest BCUT2D eigenvalue weighted by atomic mass is 79.9. The average molecular weight is 677 g/mol. The predicted octanol–water partition coefficient (Wildman–Crippen LogP) is 6.17. The maximum atomic E-state index is 14.1. The molecule has 224 valence electrons. The minimum absolute atomic E-state index is 0.0198. The van der Waals surface area contributed by atoms with E-state index in [2.05, 4.69) is 21.2 Å². The van der Waals surface area contributed by atoms with Gasteiger partial charge in [-0.3, -0.25) is 13.9 Å². The number of carbonyl (C=O) groups excluding carboxylic acids is 2. The lowest BCUT2D eigenvalue weighted by molar-refractivity contribution is -0.139. The van der Waals surface area contributed by atoms with Gasteiger partial charge in [-0.25, -0.2) is 8.42 Å². The number of methoxy groups -OCH3 is 1. The smallest absolute Gasteiger partial charge is 0.264 e. The van der Waals surface area contributed by atoms with E-state index in [9.17, 15) is 18.0 Å². The fourth-order valence-corrected chi connectivity index (χ4v) is 7.17. The van der Waals surface area contributed by atoms with Crippen molar-refractivity contribution in [1.82, 2.24) is 10.2 Å². The first-order valence-electron chi connectivity index (χ1n) is 13.9. The van der Waals surface area contributed by atoms with E-state index < -0.39 is 28.5 Å². The fraction of sp³-hybridized carbons (Fsp3) is 0.355. The third kappa shape index (κ3) is 7.85. The van der Waals surface area contributed by atoms with Gasteiger partial charge < -0.3 is 15.0 Å². The number of sulfonamides is 1. The minimum Gasteiger partial charge on any atom is -0.495 e. The van der Waals surface area contributed by atoms with Crippen LogP contribution in [-0.2, 0) is 26.2 Å². The van der Waals surface area contributed by atoms with E-state index in [1.165, 1.54) is 36.3 Å². The molecule has 3 aromatic carbocycles. The molecule has 0 radical (unpaired) electrons. The summed E-state index contributed by atoms with van der Waals surface area (Å²) in [7, 11) is -2.73. The quantitative estimate of drug-likeness (QED) is 0.262. The van der Waals surface area contributed by atoms with Crippen molar-refractivity contribution in [1.29, 1.82) is 0 Å². The van der Waals surface area contributed by atoms with Gasteiger partial charge in [-0.05, 0) is 67.8 Å². The number of ether oxygens (including phenoxy) is 1. The van der Waals surface area contributed by atoms with Gasteiger partial charge in [-0.1, -0.05) is 77.1 Å². The second-order valence-corrected chi connectivity index (χ2v) is 13.5. The van der Waals surface area contributed by atoms with Crippen LogP contribution in [0, 0.1) is 0 Å². The molecular formula is C31H35BrClN3O5S. The molecule has 1 N–H and O–H groups in total. The average Bonchev–Trinajstić information content (AvgIpc) is 2.99. The molecule has 1 aliphatic rings. The lowest BCUT2D eigenvalue weighted by Crippen LogP contribution is -2.53. The number of nitrogens with one attached hydrogen (secondary N) is 1. The first kappa shape index (κ1) is 31.8. The summed E-state index contributed by atoms with van der Waals surface area (Å²) in [5.41, 5.74) is 0.986. The van der Waals surface area contributed by atoms with Crippen molar-refractivity contribution in [3.8, 4) is 5.75 Å². The van der Waals surface area contributed by atoms with E-state index in [-0.39, 0.29) is 34.1 Å². The zero-order valence-electron chi connectivity index (χ0n) is 23.6. The molecule has 4 rings (SSSR count). The minimum atomic E-state index is -4.19. The van der Waals surface area contributed by atoms with Gasteiger partial charge in [-0.15, -0.1) is 0 Å². The summed E-state index contributed by atoms with van der Waals surface area (Å²) in [4.78, 5) is 29.0. The standard InChI is InChI=1S/C31H35BrClN3O5S/c1-22(31(38)34-25-12-5-3-6-13-25)35(20-23-10-9-11-24(32)18-23)30(37)21-36(26-16-17-29(41-2)28(33)19-26)42(39,40)27-14-7-4-8-15-27/h4,7-11,14-19,22,25H,3,5-6,12-13,20-21H2,1-2H3,(H,34,38)/t22-/m1/s1. The van der Waals surface area contributed by atoms with Crippen molar-refractivity contribution in [2.24, 2.45) is 0 Å². The molecule has 2 amide bonds. The molecule has 11 heteroatoms. The van der Waals surface area contributed by atoms with E-state index >= 15 is 0 Å². The van der Waals surface area contributed by atoms with Crippen LogP contribution < -0.4 is 14.4 Å². The largest absolute Gasteiger partial charge is 0.495 e. The Morgan fingerprint density at radius 1 is 1.02 bits per heavy atom. The van der Waals surface area contributed by atoms with Gasteiger partial charge in [-0.2, -0.15) is 0 Å². The topological polar surface area (TPSA) is 96.0 Å². The molecule has 0 saturated heterocycles. The second kappa shape index (κ2) is 14.4. The van der Waals surface area contributed by atoms with Crippen LogP contribution in [0.4, 0.5) is 5.69 Å². The Bertz CT molecular complexity index is 1500. The molecule has 0 heterocycles. The van der Waals surface area contributed by atoms with Crippen molar-refractivity contribution in [3.63, 3.8) is 0 Å². The number of anilines is 1. The SMILES string of the molecule is COc1ccc(N(CC(=O)N(Cc2cccc(Br)c2)[C@H](C)C(=O)NC2CCCCC2)S(=O)(=O)c2ccccc2)cc1Cl. The van der Waals surface area contributed by atoms with Gasteiger partial charge in [0.25, 0.3) is 10.0 Å². The summed E-state index contributed by atoms with van der Waals surface area (Å²) in [5.74, 6) is -0.434. The Morgan fingerprint density at radius 3 is 2.38 bits per heavy atom. The first-order chi connectivity index (χ1) is 20.1. The summed E-state index contributed by atoms with van der Waals surface area (Å²) in [6, 6.07) is 19.1. The van der Waals surface area contributed by atoms with Crippen LogP contribution >= 0.6 is 27.5 Å². The number of benzene rings is 3. The number of nitrogens with zero attached hydrogens (tertiary/aromatic N) is 2. The molecule has 1 saturated carbocycles. The number of carbonyl (C=O) groups is 2. The van der Waals surface area contributed by atoms with Gasteiger partial charge in [0.2, 0.25) is 11.8 Å². The van der Waals surface area contributed by atoms with E-state index in [1.807, 2.05) is 24.3 Å². The lowest BCUT2D eigenvalue weighted by atomic mass is 9.95. The summed E-state index contributed by atoms with van der Waals surface area (Å²) >= 11 is 9.85. The van der Waals surface area contributed by atoms with Crippen LogP contribution in [0.3, 0.4) is 0 Å². The summed E-state index contributed by atoms with van der Waals surface area (Å²) in [6.07, 6.45) is 5.06. The molecule has 1 aliphatic carbocycles. The summed E-state index contributed by atoms with van der Waals surface area (Å²) in [5, 5.41) is 3.30. The predicted molar refractivity (Wildman–Crippen MR) is 168 cm³/mol. The van der Waals surface area contributed by atoms with Gasteiger partial charge >= 0.3 is 0 Å². The van der Waals surface area contributed by atoms with Crippen LogP contribution in [0.25, 0.3) is 0 Å². The molecule has 0 spiro atoms. The van der Waals surface area contributed by atoms with Crippen LogP contribution in [0.1, 0.15) is 44.6 Å². The molecule has 1 atom stereocenters. The Labute approximate surface area is 261 Å². The van der Waals surface area contributed by atoms with Crippen LogP contribution in [0.15, 0.2) is 82.2 Å². The van der Waals surface area contributed by atoms with Gasteiger partial charge in [0.15, 0.2) is 0 Å². The normalized spacial score (nSPS) is 14.6. The summed E-state index contributed by atoms with van der Waals surface area (Å²) < 4.78 is 34.9. The van der Waals surface area contributed by atoms with Crippen molar-refractivity contribution in [2.45, 2.75) is 62.6 Å². The highest BCUT2D eigenvalue weighted by molar-refractivity contribution is 9.10. The molecule has 42 heavy (non-hydrogen) atoms. The molecule has 0 aliphatic heterocycles. The Kier molecular flexibility index (Phi) is 10.9. The van der Waals surface area contributed by atoms with Crippen molar-refractivity contribution < 1.29 is 22.7 Å². The van der Waals surface area contributed by atoms with Crippen molar-refractivity contribution >= 4 is 55.1 Å². The fourth-order valence-electron chi connectivity index (χ4n) is 5.04. The molecule has 0 bridgehead atoms. The van der Waals surface area contributed by atoms with E-state index in [4.69, 9.17) is 16.3 Å². The van der Waals surface area contributed by atoms with Gasteiger partial charge in [0.1, 0.15) is 18.3 Å². The lowest BCUT2D eigenvalue weighted by Gasteiger charge is -2.33. The van der Waals surface area contributed by atoms with Crippen molar-refractivity contribution in [3.05, 3.63) is 87.9 Å². The first-order valence-corrected chi connectivity index (χ1v) is 16.5. The van der Waals surface area contributed by atoms with Crippen LogP contribution in [0.5, 0.6) is 5.75 Å². The monoisotopic (exact) mass is 675 g/mol. The second-order valence-electron chi connectivity index (χ2n) is 10.3. The molecular weight excluding hydrogens is 642 g/mol. The molecule has 1 fully saturated rings. The molecule has 8 nitrogen and oxygen atoms in total.